The summed E-state index contributed by atoms with van der Waals surface area (Å²) >= 11 is 0. The predicted octanol–water partition coefficient (Wildman–Crippen LogP) is 22.2. The molecule has 0 saturated heterocycles. The first kappa shape index (κ1) is 76.3. The van der Waals surface area contributed by atoms with E-state index in [0.717, 1.165) is 38.5 Å². The van der Waals surface area contributed by atoms with Gasteiger partial charge in [-0.1, -0.05) is 406 Å². The first-order valence-electron chi connectivity index (χ1n) is 35.9. The van der Waals surface area contributed by atoms with Gasteiger partial charge in [-0.3, -0.25) is 4.79 Å². The largest absolute Gasteiger partial charge is 0.394 e. The molecule has 4 atom stereocenters. The van der Waals surface area contributed by atoms with E-state index in [-0.39, 0.29) is 0 Å². The normalized spacial score (nSPS) is 13.4. The fraction of sp³-hybridized carbons (Fsp3) is 0.986. The Morgan fingerprint density at radius 3 is 0.623 bits per heavy atom. The third kappa shape index (κ3) is 59.7. The van der Waals surface area contributed by atoms with E-state index in [1.165, 1.54) is 353 Å². The van der Waals surface area contributed by atoms with Crippen LogP contribution in [0.2, 0.25) is 0 Å². The van der Waals surface area contributed by atoms with E-state index in [2.05, 4.69) is 19.2 Å². The van der Waals surface area contributed by atoms with Crippen LogP contribution >= 0.6 is 0 Å². The monoisotopic (exact) mass is 1090 g/mol. The van der Waals surface area contributed by atoms with Crippen molar-refractivity contribution in [1.82, 2.24) is 5.32 Å². The molecule has 0 fully saturated rings. The van der Waals surface area contributed by atoms with Crippen LogP contribution in [-0.2, 0) is 4.79 Å². The van der Waals surface area contributed by atoms with Gasteiger partial charge in [0.15, 0.2) is 0 Å². The number of carbonyl (C=O) groups is 1. The average molecular weight is 1090 g/mol. The highest BCUT2D eigenvalue weighted by molar-refractivity contribution is 5.80. The minimum atomic E-state index is -1.26. The van der Waals surface area contributed by atoms with Crippen LogP contribution in [0.5, 0.6) is 0 Å². The van der Waals surface area contributed by atoms with Crippen LogP contribution in [0, 0.1) is 0 Å². The van der Waals surface area contributed by atoms with E-state index >= 15 is 0 Å². The van der Waals surface area contributed by atoms with Gasteiger partial charge in [-0.2, -0.15) is 0 Å². The minimum Gasteiger partial charge on any atom is -0.394 e. The maximum absolute atomic E-state index is 12.7. The van der Waals surface area contributed by atoms with E-state index in [0.29, 0.717) is 12.8 Å². The third-order valence-corrected chi connectivity index (χ3v) is 17.6. The van der Waals surface area contributed by atoms with Gasteiger partial charge in [0.05, 0.1) is 18.8 Å². The predicted molar refractivity (Wildman–Crippen MR) is 339 cm³/mol. The first-order chi connectivity index (χ1) is 38.0. The summed E-state index contributed by atoms with van der Waals surface area (Å²) in [6.07, 6.45) is 81.0. The number of carbonyl (C=O) groups excluding carboxylic acids is 1. The molecule has 0 spiro atoms. The number of hydrogen-bond donors (Lipinski definition) is 5. The summed E-state index contributed by atoms with van der Waals surface area (Å²) in [7, 11) is 0. The van der Waals surface area contributed by atoms with Crippen molar-refractivity contribution in [1.29, 1.82) is 0 Å². The Kier molecular flexibility index (Phi) is 65.5. The molecule has 0 saturated carbocycles. The highest BCUT2D eigenvalue weighted by Crippen LogP contribution is 2.20. The summed E-state index contributed by atoms with van der Waals surface area (Å²) in [6.45, 7) is 4.12. The van der Waals surface area contributed by atoms with E-state index in [9.17, 15) is 25.2 Å². The summed E-state index contributed by atoms with van der Waals surface area (Å²) in [5.41, 5.74) is 0. The number of nitrogens with one attached hydrogen (secondary N) is 1. The second-order valence-electron chi connectivity index (χ2n) is 25.3. The Labute approximate surface area is 483 Å². The summed E-state index contributed by atoms with van der Waals surface area (Å²) in [5, 5.41) is 44.3. The molecule has 462 valence electrons. The third-order valence-electron chi connectivity index (χ3n) is 17.6. The number of amides is 1. The molecule has 0 aliphatic rings. The highest BCUT2D eigenvalue weighted by atomic mass is 16.3. The molecule has 0 heterocycles. The second kappa shape index (κ2) is 66.1. The maximum atomic E-state index is 12.7. The SMILES string of the molecule is CCCCCCCCCCCCCCCCCCCCCCCCCCCCCCCCCCC(O)C(O)C(CO)NC(=O)C(O)CCCCCCCCCCCCCCCCCCCCCCCCCCCCCCC. The molecule has 5 N–H and O–H groups in total. The van der Waals surface area contributed by atoms with Gasteiger partial charge >= 0.3 is 0 Å². The second-order valence-corrected chi connectivity index (χ2v) is 25.3. The Hall–Kier alpha value is -0.690. The van der Waals surface area contributed by atoms with Crippen LogP contribution in [0.15, 0.2) is 0 Å². The van der Waals surface area contributed by atoms with Gasteiger partial charge in [0.25, 0.3) is 0 Å². The molecule has 0 aromatic rings. The lowest BCUT2D eigenvalue weighted by Gasteiger charge is -2.27. The van der Waals surface area contributed by atoms with Crippen LogP contribution in [0.1, 0.15) is 418 Å². The van der Waals surface area contributed by atoms with Crippen molar-refractivity contribution in [3.8, 4) is 0 Å². The average Bonchev–Trinajstić information content (AvgIpc) is 3.43. The van der Waals surface area contributed by atoms with Crippen molar-refractivity contribution in [2.75, 3.05) is 6.61 Å². The zero-order valence-electron chi connectivity index (χ0n) is 52.8. The lowest BCUT2D eigenvalue weighted by molar-refractivity contribution is -0.132. The summed E-state index contributed by atoms with van der Waals surface area (Å²) < 4.78 is 0. The smallest absolute Gasteiger partial charge is 0.249 e. The molecule has 0 aliphatic carbocycles. The Bertz CT molecular complexity index is 1090. The number of aliphatic hydroxyl groups excluding tert-OH is 4. The molecular formula is C71H143NO5. The molecule has 0 aromatic heterocycles. The van der Waals surface area contributed by atoms with Crippen LogP contribution in [-0.4, -0.2) is 57.3 Å². The summed E-state index contributed by atoms with van der Waals surface area (Å²) in [6, 6.07) is -0.982. The van der Waals surface area contributed by atoms with Crippen molar-refractivity contribution in [3.05, 3.63) is 0 Å². The zero-order valence-corrected chi connectivity index (χ0v) is 52.8. The molecule has 6 heteroatoms. The Morgan fingerprint density at radius 1 is 0.273 bits per heavy atom. The van der Waals surface area contributed by atoms with Gasteiger partial charge in [0.2, 0.25) is 5.91 Å². The number of hydrogen-bond acceptors (Lipinski definition) is 5. The molecule has 0 radical (unpaired) electrons. The molecule has 4 unspecified atom stereocenters. The summed E-state index contributed by atoms with van der Waals surface area (Å²) in [5.74, 6) is -0.573. The van der Waals surface area contributed by atoms with Crippen LogP contribution < -0.4 is 5.32 Å². The van der Waals surface area contributed by atoms with Crippen molar-refractivity contribution in [3.63, 3.8) is 0 Å². The zero-order chi connectivity index (χ0) is 55.8. The quantitative estimate of drug-likeness (QED) is 0.0390. The fourth-order valence-corrected chi connectivity index (χ4v) is 12.0. The molecule has 6 nitrogen and oxygen atoms in total. The first-order valence-corrected chi connectivity index (χ1v) is 35.9. The lowest BCUT2D eigenvalue weighted by Crippen LogP contribution is -2.53. The van der Waals surface area contributed by atoms with Crippen molar-refractivity contribution in [2.45, 2.75) is 443 Å². The van der Waals surface area contributed by atoms with Crippen molar-refractivity contribution in [2.24, 2.45) is 0 Å². The molecular weight excluding hydrogens is 947 g/mol. The highest BCUT2D eigenvalue weighted by Gasteiger charge is 2.28. The van der Waals surface area contributed by atoms with Crippen LogP contribution in [0.4, 0.5) is 0 Å². The minimum absolute atomic E-state index is 0.377. The summed E-state index contributed by atoms with van der Waals surface area (Å²) in [4.78, 5) is 12.7. The molecule has 0 bridgehead atoms. The van der Waals surface area contributed by atoms with E-state index in [1.807, 2.05) is 0 Å². The molecule has 0 aromatic carbocycles. The Morgan fingerprint density at radius 2 is 0.442 bits per heavy atom. The Balaban J connectivity index is 3.49. The van der Waals surface area contributed by atoms with E-state index in [1.54, 1.807) is 0 Å². The maximum Gasteiger partial charge on any atom is 0.249 e. The number of rotatable bonds is 68. The fourth-order valence-electron chi connectivity index (χ4n) is 12.0. The van der Waals surface area contributed by atoms with Gasteiger partial charge < -0.3 is 25.7 Å². The van der Waals surface area contributed by atoms with Crippen LogP contribution in [0.3, 0.4) is 0 Å². The van der Waals surface area contributed by atoms with Gasteiger partial charge in [0.1, 0.15) is 12.2 Å². The van der Waals surface area contributed by atoms with Crippen molar-refractivity contribution >= 4 is 5.91 Å². The van der Waals surface area contributed by atoms with E-state index < -0.39 is 36.9 Å². The van der Waals surface area contributed by atoms with Gasteiger partial charge in [0, 0.05) is 0 Å². The van der Waals surface area contributed by atoms with Gasteiger partial charge in [-0.05, 0) is 12.8 Å². The van der Waals surface area contributed by atoms with Crippen LogP contribution in [0.25, 0.3) is 0 Å². The molecule has 0 aliphatic heterocycles. The standard InChI is InChI=1S/C71H143NO5/c1-3-5-7-9-11-13-15-17-19-21-23-25-27-29-31-33-34-35-37-38-40-42-44-46-48-50-52-54-56-58-60-62-64-68(74)70(76)67(66-73)72-71(77)69(75)65-63-61-59-57-55-53-51-49-47-45-43-41-39-36-32-30-28-26-24-22-20-18-16-14-12-10-8-6-4-2/h67-70,73-76H,3-66H2,1-2H3,(H,72,77). The number of unbranched alkanes of at least 4 members (excludes halogenated alkanes) is 59. The topological polar surface area (TPSA) is 110 Å². The number of aliphatic hydroxyl groups is 4. The molecule has 0 rings (SSSR count). The molecule has 1 amide bonds. The van der Waals surface area contributed by atoms with E-state index in [4.69, 9.17) is 0 Å². The van der Waals surface area contributed by atoms with Gasteiger partial charge in [-0.15, -0.1) is 0 Å². The van der Waals surface area contributed by atoms with Crippen molar-refractivity contribution < 1.29 is 25.2 Å². The molecule has 77 heavy (non-hydrogen) atoms. The van der Waals surface area contributed by atoms with Gasteiger partial charge in [-0.25, -0.2) is 0 Å². The lowest BCUT2D eigenvalue weighted by atomic mass is 9.99.